The van der Waals surface area contributed by atoms with Gasteiger partial charge in [-0.3, -0.25) is 4.98 Å². The van der Waals surface area contributed by atoms with Gasteiger partial charge in [0, 0.05) is 16.6 Å². The number of nitrogens with zero attached hydrogens (tertiary/aromatic N) is 2. The van der Waals surface area contributed by atoms with Gasteiger partial charge in [-0.25, -0.2) is 4.98 Å². The van der Waals surface area contributed by atoms with Crippen molar-refractivity contribution < 1.29 is 0 Å². The number of rotatable bonds is 3. The Labute approximate surface area is 103 Å². The highest BCUT2D eigenvalue weighted by atomic mass is 79.9. The van der Waals surface area contributed by atoms with Crippen molar-refractivity contribution >= 4 is 21.7 Å². The van der Waals surface area contributed by atoms with Gasteiger partial charge in [0.05, 0.1) is 18.1 Å². The zero-order valence-corrected chi connectivity index (χ0v) is 10.5. The molecule has 0 aliphatic heterocycles. The molecule has 0 saturated heterocycles. The molecule has 1 aromatic heterocycles. The molecular weight excluding hydrogens is 266 g/mol. The van der Waals surface area contributed by atoms with Crippen LogP contribution in [0.2, 0.25) is 0 Å². The highest BCUT2D eigenvalue weighted by Crippen LogP contribution is 2.21. The number of hydrogen-bond acceptors (Lipinski definition) is 3. The van der Waals surface area contributed by atoms with Crippen molar-refractivity contribution in [3.05, 3.63) is 41.1 Å². The molecule has 0 amide bonds. The zero-order chi connectivity index (χ0) is 11.4. The van der Waals surface area contributed by atoms with E-state index in [1.165, 1.54) is 0 Å². The monoisotopic (exact) mass is 277 g/mol. The fourth-order valence-electron chi connectivity index (χ4n) is 1.42. The predicted molar refractivity (Wildman–Crippen MR) is 69.3 cm³/mol. The molecule has 0 aliphatic rings. The second kappa shape index (κ2) is 5.07. The molecule has 2 aromatic rings. The number of anilines is 1. The highest BCUT2D eigenvalue weighted by molar-refractivity contribution is 9.10. The second-order valence-corrected chi connectivity index (χ2v) is 4.25. The summed E-state index contributed by atoms with van der Waals surface area (Å²) >= 11 is 3.44. The van der Waals surface area contributed by atoms with Gasteiger partial charge in [-0.15, -0.1) is 0 Å². The lowest BCUT2D eigenvalue weighted by molar-refractivity contribution is 1.12. The Morgan fingerprint density at radius 1 is 1.31 bits per heavy atom. The van der Waals surface area contributed by atoms with Gasteiger partial charge in [0.1, 0.15) is 5.82 Å². The molecule has 0 atom stereocenters. The van der Waals surface area contributed by atoms with Gasteiger partial charge in [-0.05, 0) is 19.1 Å². The van der Waals surface area contributed by atoms with Crippen LogP contribution in [0, 0.1) is 0 Å². The Balaban J connectivity index is 2.36. The van der Waals surface area contributed by atoms with E-state index in [0.29, 0.717) is 0 Å². The molecule has 82 valence electrons. The molecule has 0 radical (unpaired) electrons. The maximum Gasteiger partial charge on any atom is 0.145 e. The fourth-order valence-corrected chi connectivity index (χ4v) is 1.82. The average Bonchev–Trinajstić information content (AvgIpc) is 2.30. The first kappa shape index (κ1) is 11.1. The van der Waals surface area contributed by atoms with Gasteiger partial charge in [0.25, 0.3) is 0 Å². The first-order valence-corrected chi connectivity index (χ1v) is 5.90. The van der Waals surface area contributed by atoms with Crippen LogP contribution in [0.3, 0.4) is 0 Å². The van der Waals surface area contributed by atoms with E-state index in [0.717, 1.165) is 28.1 Å². The van der Waals surface area contributed by atoms with Gasteiger partial charge in [0.15, 0.2) is 0 Å². The lowest BCUT2D eigenvalue weighted by atomic mass is 10.2. The van der Waals surface area contributed by atoms with Crippen molar-refractivity contribution in [2.24, 2.45) is 0 Å². The topological polar surface area (TPSA) is 37.8 Å². The maximum absolute atomic E-state index is 4.48. The summed E-state index contributed by atoms with van der Waals surface area (Å²) in [6.07, 6.45) is 3.49. The number of benzene rings is 1. The summed E-state index contributed by atoms with van der Waals surface area (Å²) in [6.45, 7) is 2.88. The third-order valence-corrected chi connectivity index (χ3v) is 2.61. The zero-order valence-electron chi connectivity index (χ0n) is 8.94. The molecule has 0 bridgehead atoms. The first-order chi connectivity index (χ1) is 7.79. The van der Waals surface area contributed by atoms with E-state index in [1.54, 1.807) is 12.4 Å². The van der Waals surface area contributed by atoms with E-state index in [4.69, 9.17) is 0 Å². The third kappa shape index (κ3) is 2.58. The van der Waals surface area contributed by atoms with E-state index >= 15 is 0 Å². The Bertz CT molecular complexity index is 485. The summed E-state index contributed by atoms with van der Waals surface area (Å²) in [6, 6.07) is 8.02. The molecule has 3 nitrogen and oxygen atoms in total. The lowest BCUT2D eigenvalue weighted by Gasteiger charge is -2.05. The third-order valence-electron chi connectivity index (χ3n) is 2.11. The fraction of sp³-hybridized carbons (Fsp3) is 0.167. The maximum atomic E-state index is 4.48. The summed E-state index contributed by atoms with van der Waals surface area (Å²) in [7, 11) is 0. The molecule has 0 fully saturated rings. The van der Waals surface area contributed by atoms with Crippen LogP contribution >= 0.6 is 15.9 Å². The predicted octanol–water partition coefficient (Wildman–Crippen LogP) is 3.34. The van der Waals surface area contributed by atoms with Crippen LogP contribution in [0.25, 0.3) is 11.3 Å². The van der Waals surface area contributed by atoms with E-state index in [1.807, 2.05) is 31.2 Å². The summed E-state index contributed by atoms with van der Waals surface area (Å²) in [5, 5.41) is 3.15. The van der Waals surface area contributed by atoms with E-state index in [-0.39, 0.29) is 0 Å². The van der Waals surface area contributed by atoms with Crippen molar-refractivity contribution in [1.82, 2.24) is 9.97 Å². The normalized spacial score (nSPS) is 10.1. The molecule has 2 rings (SSSR count). The van der Waals surface area contributed by atoms with Crippen LogP contribution < -0.4 is 5.32 Å². The van der Waals surface area contributed by atoms with Crippen molar-refractivity contribution in [2.45, 2.75) is 6.92 Å². The van der Waals surface area contributed by atoms with Gasteiger partial charge in [0.2, 0.25) is 0 Å². The first-order valence-electron chi connectivity index (χ1n) is 5.11. The van der Waals surface area contributed by atoms with Crippen LogP contribution in [0.15, 0.2) is 41.1 Å². The average molecular weight is 278 g/mol. The summed E-state index contributed by atoms with van der Waals surface area (Å²) in [5.41, 5.74) is 1.93. The molecule has 0 aliphatic carbocycles. The van der Waals surface area contributed by atoms with Gasteiger partial charge in [-0.1, -0.05) is 28.1 Å². The standard InChI is InChI=1S/C12H12BrN3/c1-2-15-12-8-14-7-11(16-12)9-4-3-5-10(13)6-9/h3-8H,2H2,1H3,(H,15,16). The van der Waals surface area contributed by atoms with Crippen LogP contribution in [0.5, 0.6) is 0 Å². The van der Waals surface area contributed by atoms with E-state index < -0.39 is 0 Å². The molecule has 4 heteroatoms. The highest BCUT2D eigenvalue weighted by Gasteiger charge is 2.01. The number of hydrogen-bond donors (Lipinski definition) is 1. The molecule has 1 N–H and O–H groups in total. The minimum atomic E-state index is 0.806. The van der Waals surface area contributed by atoms with Crippen molar-refractivity contribution in [3.8, 4) is 11.3 Å². The van der Waals surface area contributed by atoms with Crippen LogP contribution in [0.4, 0.5) is 5.82 Å². The van der Waals surface area contributed by atoms with Crippen molar-refractivity contribution in [2.75, 3.05) is 11.9 Å². The van der Waals surface area contributed by atoms with Gasteiger partial charge in [-0.2, -0.15) is 0 Å². The van der Waals surface area contributed by atoms with Crippen LogP contribution in [0.1, 0.15) is 6.92 Å². The van der Waals surface area contributed by atoms with Crippen LogP contribution in [-0.4, -0.2) is 16.5 Å². The van der Waals surface area contributed by atoms with Gasteiger partial charge >= 0.3 is 0 Å². The molecule has 16 heavy (non-hydrogen) atoms. The smallest absolute Gasteiger partial charge is 0.145 e. The summed E-state index contributed by atoms with van der Waals surface area (Å²) < 4.78 is 1.04. The van der Waals surface area contributed by atoms with Crippen molar-refractivity contribution in [1.29, 1.82) is 0 Å². The largest absolute Gasteiger partial charge is 0.369 e. The molecule has 1 aromatic carbocycles. The summed E-state index contributed by atoms with van der Waals surface area (Å²) in [4.78, 5) is 8.65. The van der Waals surface area contributed by atoms with Gasteiger partial charge < -0.3 is 5.32 Å². The molecule has 0 unspecified atom stereocenters. The summed E-state index contributed by atoms with van der Waals surface area (Å²) in [5.74, 6) is 0.806. The Kier molecular flexibility index (Phi) is 3.51. The molecular formula is C12H12BrN3. The Morgan fingerprint density at radius 3 is 2.94 bits per heavy atom. The van der Waals surface area contributed by atoms with E-state index in [9.17, 15) is 0 Å². The number of aromatic nitrogens is 2. The SMILES string of the molecule is CCNc1cncc(-c2cccc(Br)c2)n1. The van der Waals surface area contributed by atoms with Crippen molar-refractivity contribution in [3.63, 3.8) is 0 Å². The minimum Gasteiger partial charge on any atom is -0.369 e. The number of nitrogens with one attached hydrogen (secondary N) is 1. The Hall–Kier alpha value is -1.42. The molecule has 0 spiro atoms. The quantitative estimate of drug-likeness (QED) is 0.935. The minimum absolute atomic E-state index is 0.806. The second-order valence-electron chi connectivity index (χ2n) is 3.33. The molecule has 0 saturated carbocycles. The van der Waals surface area contributed by atoms with E-state index in [2.05, 4.69) is 31.2 Å². The van der Waals surface area contributed by atoms with Crippen LogP contribution in [-0.2, 0) is 0 Å². The molecule has 1 heterocycles. The lowest BCUT2D eigenvalue weighted by Crippen LogP contribution is -2.00. The Morgan fingerprint density at radius 2 is 2.19 bits per heavy atom. The number of halogens is 1.